The third-order valence-corrected chi connectivity index (χ3v) is 6.19. The first-order valence-electron chi connectivity index (χ1n) is 11.4. The Morgan fingerprint density at radius 1 is 0.909 bits per heavy atom. The summed E-state index contributed by atoms with van der Waals surface area (Å²) in [6.07, 6.45) is 9.21. The Hall–Kier alpha value is -3.80. The monoisotopic (exact) mass is 438 g/mol. The van der Waals surface area contributed by atoms with Crippen molar-refractivity contribution in [2.24, 2.45) is 5.92 Å². The van der Waals surface area contributed by atoms with Crippen molar-refractivity contribution in [2.45, 2.75) is 25.7 Å². The van der Waals surface area contributed by atoms with Gasteiger partial charge in [-0.1, -0.05) is 30.3 Å². The Morgan fingerprint density at radius 3 is 2.64 bits per heavy atom. The van der Waals surface area contributed by atoms with E-state index in [0.717, 1.165) is 44.3 Å². The topological polar surface area (TPSA) is 68.2 Å². The van der Waals surface area contributed by atoms with E-state index in [0.29, 0.717) is 17.2 Å². The summed E-state index contributed by atoms with van der Waals surface area (Å²) in [5.74, 6) is 1.14. The molecule has 1 saturated heterocycles. The van der Waals surface area contributed by atoms with E-state index in [2.05, 4.69) is 39.2 Å². The lowest BCUT2D eigenvalue weighted by atomic mass is 9.91. The Labute approximate surface area is 193 Å². The second-order valence-electron chi connectivity index (χ2n) is 8.45. The van der Waals surface area contributed by atoms with E-state index < -0.39 is 0 Å². The van der Waals surface area contributed by atoms with Gasteiger partial charge in [-0.2, -0.15) is 0 Å². The third kappa shape index (κ3) is 5.00. The fraction of sp³-hybridized carbons (Fsp3) is 0.259. The van der Waals surface area contributed by atoms with Crippen molar-refractivity contribution in [3.05, 3.63) is 90.4 Å². The van der Waals surface area contributed by atoms with E-state index in [1.54, 1.807) is 24.5 Å². The van der Waals surface area contributed by atoms with E-state index in [4.69, 9.17) is 4.74 Å². The standard InChI is InChI=1S/C27H26N4O2/c32-26(23-9-2-11-24(19-23)33-27-29-14-5-15-30-27)31-16-4-6-20(12-17-31)18-22-8-1-7-21-10-3-13-28-25(21)22/h1-3,5,7-11,13-15,19-20H,4,6,12,16-18H2. The molecule has 1 aliphatic rings. The van der Waals surface area contributed by atoms with Gasteiger partial charge in [-0.15, -0.1) is 0 Å². The summed E-state index contributed by atoms with van der Waals surface area (Å²) in [5.41, 5.74) is 3.02. The van der Waals surface area contributed by atoms with Gasteiger partial charge in [-0.05, 0) is 67.5 Å². The number of para-hydroxylation sites is 1. The molecule has 33 heavy (non-hydrogen) atoms. The highest BCUT2D eigenvalue weighted by Gasteiger charge is 2.23. The maximum atomic E-state index is 13.2. The van der Waals surface area contributed by atoms with Crippen molar-refractivity contribution in [2.75, 3.05) is 13.1 Å². The summed E-state index contributed by atoms with van der Waals surface area (Å²) in [6.45, 7) is 1.53. The molecule has 0 radical (unpaired) electrons. The van der Waals surface area contributed by atoms with E-state index in [9.17, 15) is 4.79 Å². The quantitative estimate of drug-likeness (QED) is 0.423. The minimum Gasteiger partial charge on any atom is -0.424 e. The Kier molecular flexibility index (Phi) is 6.24. The molecule has 4 aromatic rings. The van der Waals surface area contributed by atoms with Crippen LogP contribution in [0, 0.1) is 5.92 Å². The lowest BCUT2D eigenvalue weighted by Crippen LogP contribution is -2.32. The first kappa shape index (κ1) is 21.1. The van der Waals surface area contributed by atoms with Crippen LogP contribution in [0.2, 0.25) is 0 Å². The van der Waals surface area contributed by atoms with Crippen LogP contribution in [-0.4, -0.2) is 38.8 Å². The number of likely N-dealkylation sites (tertiary alicyclic amines) is 1. The molecule has 2 aromatic carbocycles. The van der Waals surface area contributed by atoms with Crippen molar-refractivity contribution < 1.29 is 9.53 Å². The average molecular weight is 439 g/mol. The molecule has 1 amide bonds. The molecule has 1 atom stereocenters. The SMILES string of the molecule is O=C(c1cccc(Oc2ncccn2)c1)N1CCCC(Cc2cccc3cccnc23)CC1. The number of ether oxygens (including phenoxy) is 1. The van der Waals surface area contributed by atoms with Gasteiger partial charge >= 0.3 is 6.01 Å². The number of rotatable bonds is 5. The molecular weight excluding hydrogens is 412 g/mol. The van der Waals surface area contributed by atoms with Crippen LogP contribution in [0.5, 0.6) is 11.8 Å². The number of carbonyl (C=O) groups is 1. The van der Waals surface area contributed by atoms with Crippen LogP contribution < -0.4 is 4.74 Å². The van der Waals surface area contributed by atoms with Gasteiger partial charge in [0, 0.05) is 42.6 Å². The lowest BCUT2D eigenvalue weighted by molar-refractivity contribution is 0.0759. The second kappa shape index (κ2) is 9.77. The number of fused-ring (bicyclic) bond motifs is 1. The van der Waals surface area contributed by atoms with Gasteiger partial charge in [-0.25, -0.2) is 9.97 Å². The summed E-state index contributed by atoms with van der Waals surface area (Å²) in [4.78, 5) is 28.0. The van der Waals surface area contributed by atoms with Crippen LogP contribution in [0.1, 0.15) is 35.2 Å². The zero-order valence-corrected chi connectivity index (χ0v) is 18.4. The minimum atomic E-state index is 0.0434. The van der Waals surface area contributed by atoms with Gasteiger partial charge in [0.1, 0.15) is 5.75 Å². The third-order valence-electron chi connectivity index (χ3n) is 6.19. The highest BCUT2D eigenvalue weighted by Crippen LogP contribution is 2.27. The summed E-state index contributed by atoms with van der Waals surface area (Å²) in [7, 11) is 0. The van der Waals surface area contributed by atoms with Crippen LogP contribution in [0.15, 0.2) is 79.3 Å². The van der Waals surface area contributed by atoms with Crippen LogP contribution in [0.4, 0.5) is 0 Å². The number of benzene rings is 2. The minimum absolute atomic E-state index is 0.0434. The van der Waals surface area contributed by atoms with Gasteiger partial charge in [0.2, 0.25) is 0 Å². The Bertz CT molecular complexity index is 1240. The number of hydrogen-bond acceptors (Lipinski definition) is 5. The van der Waals surface area contributed by atoms with Crippen molar-refractivity contribution in [3.8, 4) is 11.8 Å². The van der Waals surface area contributed by atoms with Crippen molar-refractivity contribution >= 4 is 16.8 Å². The van der Waals surface area contributed by atoms with Crippen LogP contribution in [0.3, 0.4) is 0 Å². The molecule has 1 aliphatic heterocycles. The van der Waals surface area contributed by atoms with Gasteiger partial charge < -0.3 is 9.64 Å². The predicted molar refractivity (Wildman–Crippen MR) is 127 cm³/mol. The average Bonchev–Trinajstić information content (AvgIpc) is 3.10. The fourth-order valence-electron chi connectivity index (χ4n) is 4.53. The van der Waals surface area contributed by atoms with E-state index >= 15 is 0 Å². The van der Waals surface area contributed by atoms with Gasteiger partial charge in [0.05, 0.1) is 5.52 Å². The number of nitrogens with zero attached hydrogens (tertiary/aromatic N) is 4. The van der Waals surface area contributed by atoms with E-state index in [1.165, 1.54) is 10.9 Å². The van der Waals surface area contributed by atoms with Gasteiger partial charge in [0.25, 0.3) is 5.91 Å². The molecule has 1 fully saturated rings. The lowest BCUT2D eigenvalue weighted by Gasteiger charge is -2.21. The summed E-state index contributed by atoms with van der Waals surface area (Å²) < 4.78 is 5.70. The van der Waals surface area contributed by atoms with Gasteiger partial charge in [-0.3, -0.25) is 9.78 Å². The first-order valence-corrected chi connectivity index (χ1v) is 11.4. The first-order chi connectivity index (χ1) is 16.3. The molecule has 3 heterocycles. The maximum Gasteiger partial charge on any atom is 0.321 e. The molecule has 0 bridgehead atoms. The summed E-state index contributed by atoms with van der Waals surface area (Å²) in [6, 6.07) is 19.7. The van der Waals surface area contributed by atoms with Crippen molar-refractivity contribution in [3.63, 3.8) is 0 Å². The molecule has 0 spiro atoms. The van der Waals surface area contributed by atoms with Gasteiger partial charge in [0.15, 0.2) is 0 Å². The largest absolute Gasteiger partial charge is 0.424 e. The number of amides is 1. The van der Waals surface area contributed by atoms with Crippen LogP contribution in [-0.2, 0) is 6.42 Å². The molecule has 0 saturated carbocycles. The predicted octanol–water partition coefficient (Wildman–Crippen LogP) is 5.30. The molecule has 1 unspecified atom stereocenters. The molecule has 0 N–H and O–H groups in total. The Morgan fingerprint density at radius 2 is 1.73 bits per heavy atom. The van der Waals surface area contributed by atoms with E-state index in [-0.39, 0.29) is 11.9 Å². The highest BCUT2D eigenvalue weighted by atomic mass is 16.5. The van der Waals surface area contributed by atoms with Crippen molar-refractivity contribution in [1.29, 1.82) is 0 Å². The molecule has 166 valence electrons. The number of hydrogen-bond donors (Lipinski definition) is 0. The summed E-state index contributed by atoms with van der Waals surface area (Å²) >= 11 is 0. The maximum absolute atomic E-state index is 13.2. The zero-order valence-electron chi connectivity index (χ0n) is 18.4. The highest BCUT2D eigenvalue weighted by molar-refractivity contribution is 5.94. The molecule has 5 rings (SSSR count). The smallest absolute Gasteiger partial charge is 0.321 e. The Balaban J connectivity index is 1.24. The molecule has 0 aliphatic carbocycles. The van der Waals surface area contributed by atoms with E-state index in [1.807, 2.05) is 35.4 Å². The van der Waals surface area contributed by atoms with Crippen LogP contribution >= 0.6 is 0 Å². The molecule has 6 nitrogen and oxygen atoms in total. The molecule has 6 heteroatoms. The number of pyridine rings is 1. The van der Waals surface area contributed by atoms with Crippen LogP contribution in [0.25, 0.3) is 10.9 Å². The zero-order chi connectivity index (χ0) is 22.5. The molecule has 2 aromatic heterocycles. The second-order valence-corrected chi connectivity index (χ2v) is 8.45. The fourth-order valence-corrected chi connectivity index (χ4v) is 4.53. The normalized spacial score (nSPS) is 16.4. The summed E-state index contributed by atoms with van der Waals surface area (Å²) in [5, 5.41) is 1.18. The number of carbonyl (C=O) groups excluding carboxylic acids is 1. The molecular formula is C27H26N4O2. The van der Waals surface area contributed by atoms with Crippen molar-refractivity contribution in [1.82, 2.24) is 19.9 Å². The number of aromatic nitrogens is 3.